The van der Waals surface area contributed by atoms with Gasteiger partial charge < -0.3 is 0 Å². The molecule has 1 aromatic heterocycles. The van der Waals surface area contributed by atoms with Gasteiger partial charge in [0.1, 0.15) is 16.4 Å². The first-order chi connectivity index (χ1) is 8.13. The van der Waals surface area contributed by atoms with Crippen LogP contribution in [0.5, 0.6) is 0 Å². The second-order valence-electron chi connectivity index (χ2n) is 3.61. The van der Waals surface area contributed by atoms with Gasteiger partial charge in [-0.05, 0) is 12.5 Å². The van der Waals surface area contributed by atoms with E-state index in [4.69, 9.17) is 11.6 Å². The second kappa shape index (κ2) is 4.63. The predicted molar refractivity (Wildman–Crippen MR) is 65.2 cm³/mol. The number of aryl methyl sites for hydroxylation is 1. The van der Waals surface area contributed by atoms with E-state index in [1.165, 1.54) is 6.07 Å². The Morgan fingerprint density at radius 1 is 1.41 bits per heavy atom. The molecule has 0 unspecified atom stereocenters. The molecule has 2 rings (SSSR count). The van der Waals surface area contributed by atoms with Crippen molar-refractivity contribution in [2.45, 2.75) is 19.8 Å². The Bertz CT molecular complexity index is 586. The predicted octanol–water partition coefficient (Wildman–Crippen LogP) is 3.14. The Morgan fingerprint density at radius 2 is 2.18 bits per heavy atom. The van der Waals surface area contributed by atoms with Crippen LogP contribution in [0.1, 0.15) is 19.2 Å². The van der Waals surface area contributed by atoms with Crippen molar-refractivity contribution in [3.63, 3.8) is 0 Å². The van der Waals surface area contributed by atoms with Crippen molar-refractivity contribution in [2.75, 3.05) is 0 Å². The van der Waals surface area contributed by atoms with Gasteiger partial charge in [-0.3, -0.25) is 10.1 Å². The van der Waals surface area contributed by atoms with Crippen molar-refractivity contribution in [1.29, 1.82) is 0 Å². The Kier molecular flexibility index (Phi) is 3.19. The summed E-state index contributed by atoms with van der Waals surface area (Å²) in [6, 6.07) is 4.70. The Balaban J connectivity index is 2.71. The molecule has 0 bridgehead atoms. The van der Waals surface area contributed by atoms with E-state index in [1.807, 2.05) is 6.92 Å². The van der Waals surface area contributed by atoms with Crippen molar-refractivity contribution >= 4 is 28.2 Å². The normalized spacial score (nSPS) is 10.7. The van der Waals surface area contributed by atoms with Gasteiger partial charge in [0, 0.05) is 12.5 Å². The van der Waals surface area contributed by atoms with E-state index in [9.17, 15) is 10.1 Å². The maximum atomic E-state index is 10.9. The van der Waals surface area contributed by atoms with E-state index >= 15 is 0 Å². The van der Waals surface area contributed by atoms with Crippen LogP contribution in [0.2, 0.25) is 5.15 Å². The summed E-state index contributed by atoms with van der Waals surface area (Å²) in [6.07, 6.45) is 1.61. The molecule has 1 heterocycles. The van der Waals surface area contributed by atoms with Gasteiger partial charge in [-0.15, -0.1) is 0 Å². The number of hydrogen-bond donors (Lipinski definition) is 0. The van der Waals surface area contributed by atoms with Gasteiger partial charge in [-0.2, -0.15) is 0 Å². The van der Waals surface area contributed by atoms with Gasteiger partial charge in [-0.1, -0.05) is 24.6 Å². The molecular formula is C11H10ClN3O2. The van der Waals surface area contributed by atoms with E-state index in [0.717, 1.165) is 6.42 Å². The molecule has 0 fully saturated rings. The van der Waals surface area contributed by atoms with Crippen LogP contribution in [0.3, 0.4) is 0 Å². The minimum absolute atomic E-state index is 0.0597. The molecule has 88 valence electrons. The van der Waals surface area contributed by atoms with Crippen molar-refractivity contribution in [1.82, 2.24) is 9.97 Å². The molecule has 5 nitrogen and oxygen atoms in total. The smallest absolute Gasteiger partial charge is 0.258 e. The summed E-state index contributed by atoms with van der Waals surface area (Å²) in [4.78, 5) is 18.7. The molecule has 0 saturated heterocycles. The summed E-state index contributed by atoms with van der Waals surface area (Å²) in [6.45, 7) is 2.01. The lowest BCUT2D eigenvalue weighted by Gasteiger charge is -2.03. The zero-order chi connectivity index (χ0) is 12.4. The average molecular weight is 252 g/mol. The number of non-ortho nitro benzene ring substituents is 1. The molecule has 0 spiro atoms. The van der Waals surface area contributed by atoms with Crippen LogP contribution in [0.25, 0.3) is 10.9 Å². The summed E-state index contributed by atoms with van der Waals surface area (Å²) < 4.78 is 0. The molecule has 0 aliphatic rings. The van der Waals surface area contributed by atoms with Gasteiger partial charge in [0.15, 0.2) is 0 Å². The number of nitro benzene ring substituents is 1. The van der Waals surface area contributed by atoms with E-state index in [1.54, 1.807) is 12.1 Å². The van der Waals surface area contributed by atoms with E-state index in [0.29, 0.717) is 23.1 Å². The monoisotopic (exact) mass is 251 g/mol. The fourth-order valence-electron chi connectivity index (χ4n) is 1.65. The standard InChI is InChI=1S/C11H10ClN3O2/c1-2-4-9-13-7-5-3-6-8(15(16)17)10(7)11(12)14-9/h3,5-6H,2,4H2,1H3. The summed E-state index contributed by atoms with van der Waals surface area (Å²) >= 11 is 5.99. The fraction of sp³-hybridized carbons (Fsp3) is 0.273. The Labute approximate surface area is 103 Å². The highest BCUT2D eigenvalue weighted by molar-refractivity contribution is 6.34. The Hall–Kier alpha value is -1.75. The van der Waals surface area contributed by atoms with Crippen molar-refractivity contribution < 1.29 is 4.92 Å². The zero-order valence-corrected chi connectivity index (χ0v) is 9.94. The third-order valence-electron chi connectivity index (χ3n) is 2.37. The molecule has 0 aliphatic heterocycles. The molecule has 0 N–H and O–H groups in total. The van der Waals surface area contributed by atoms with Gasteiger partial charge in [0.05, 0.1) is 10.4 Å². The maximum absolute atomic E-state index is 10.9. The Morgan fingerprint density at radius 3 is 2.82 bits per heavy atom. The van der Waals surface area contributed by atoms with Gasteiger partial charge in [-0.25, -0.2) is 9.97 Å². The number of nitro groups is 1. The summed E-state index contributed by atoms with van der Waals surface area (Å²) in [5.74, 6) is 0.616. The average Bonchev–Trinajstić information content (AvgIpc) is 2.28. The van der Waals surface area contributed by atoms with Crippen LogP contribution in [0.15, 0.2) is 18.2 Å². The molecule has 0 amide bonds. The number of halogens is 1. The number of fused-ring (bicyclic) bond motifs is 1. The minimum Gasteiger partial charge on any atom is -0.258 e. The van der Waals surface area contributed by atoms with Crippen molar-refractivity contribution in [3.05, 3.63) is 39.3 Å². The molecule has 0 saturated carbocycles. The van der Waals surface area contributed by atoms with Crippen LogP contribution >= 0.6 is 11.6 Å². The highest BCUT2D eigenvalue weighted by Gasteiger charge is 2.17. The molecular weight excluding hydrogens is 242 g/mol. The van der Waals surface area contributed by atoms with Gasteiger partial charge in [0.2, 0.25) is 0 Å². The highest BCUT2D eigenvalue weighted by Crippen LogP contribution is 2.29. The first kappa shape index (κ1) is 11.7. The zero-order valence-electron chi connectivity index (χ0n) is 9.18. The van der Waals surface area contributed by atoms with Crippen molar-refractivity contribution in [2.24, 2.45) is 0 Å². The third kappa shape index (κ3) is 2.19. The van der Waals surface area contributed by atoms with Crippen molar-refractivity contribution in [3.8, 4) is 0 Å². The SMILES string of the molecule is CCCc1nc(Cl)c2c([N+](=O)[O-])cccc2n1. The lowest BCUT2D eigenvalue weighted by molar-refractivity contribution is -0.383. The number of benzene rings is 1. The topological polar surface area (TPSA) is 68.9 Å². The van der Waals surface area contributed by atoms with Gasteiger partial charge >= 0.3 is 0 Å². The first-order valence-electron chi connectivity index (χ1n) is 5.23. The molecule has 0 aliphatic carbocycles. The largest absolute Gasteiger partial charge is 0.281 e. The van der Waals surface area contributed by atoms with Crippen LogP contribution < -0.4 is 0 Å². The molecule has 6 heteroatoms. The maximum Gasteiger partial charge on any atom is 0.281 e. The number of rotatable bonds is 3. The third-order valence-corrected chi connectivity index (χ3v) is 2.65. The molecule has 0 atom stereocenters. The van der Waals surface area contributed by atoms with Crippen LogP contribution in [-0.4, -0.2) is 14.9 Å². The van der Waals surface area contributed by atoms with Crippen LogP contribution in [0.4, 0.5) is 5.69 Å². The lowest BCUT2D eigenvalue weighted by Crippen LogP contribution is -1.98. The van der Waals surface area contributed by atoms with Crippen LogP contribution in [0, 0.1) is 10.1 Å². The van der Waals surface area contributed by atoms with Gasteiger partial charge in [0.25, 0.3) is 5.69 Å². The molecule has 0 radical (unpaired) electrons. The molecule has 2 aromatic rings. The number of aromatic nitrogens is 2. The van der Waals surface area contributed by atoms with E-state index in [-0.39, 0.29) is 10.8 Å². The summed E-state index contributed by atoms with van der Waals surface area (Å²) in [7, 11) is 0. The number of hydrogen-bond acceptors (Lipinski definition) is 4. The van der Waals surface area contributed by atoms with Crippen LogP contribution in [-0.2, 0) is 6.42 Å². The molecule has 1 aromatic carbocycles. The molecule has 17 heavy (non-hydrogen) atoms. The summed E-state index contributed by atoms with van der Waals surface area (Å²) in [5, 5.41) is 11.3. The number of nitrogens with zero attached hydrogens (tertiary/aromatic N) is 3. The van der Waals surface area contributed by atoms with E-state index in [2.05, 4.69) is 9.97 Å². The first-order valence-corrected chi connectivity index (χ1v) is 5.60. The fourth-order valence-corrected chi connectivity index (χ4v) is 1.94. The lowest BCUT2D eigenvalue weighted by atomic mass is 10.2. The highest BCUT2D eigenvalue weighted by atomic mass is 35.5. The van der Waals surface area contributed by atoms with E-state index < -0.39 is 4.92 Å². The summed E-state index contributed by atoms with van der Waals surface area (Å²) in [5.41, 5.74) is 0.457. The minimum atomic E-state index is -0.475. The quantitative estimate of drug-likeness (QED) is 0.477. The second-order valence-corrected chi connectivity index (χ2v) is 3.97.